The minimum absolute atomic E-state index is 0. The zero-order valence-electron chi connectivity index (χ0n) is 17.8. The normalized spacial score (nSPS) is 15.4. The van der Waals surface area contributed by atoms with Crippen LogP contribution in [-0.2, 0) is 11.2 Å². The van der Waals surface area contributed by atoms with Crippen LogP contribution in [-0.4, -0.2) is 25.5 Å². The summed E-state index contributed by atoms with van der Waals surface area (Å²) < 4.78 is 0. The molecule has 4 heteroatoms. The van der Waals surface area contributed by atoms with Gasteiger partial charge in [-0.05, 0) is 56.1 Å². The second-order valence-electron chi connectivity index (χ2n) is 8.28. The molecule has 1 fully saturated rings. The number of rotatable bonds is 9. The molecule has 1 aromatic carbocycles. The van der Waals surface area contributed by atoms with E-state index in [1.54, 1.807) is 0 Å². The van der Waals surface area contributed by atoms with E-state index in [0.29, 0.717) is 12.5 Å². The molecule has 0 spiro atoms. The Morgan fingerprint density at radius 2 is 1.79 bits per heavy atom. The predicted octanol–water partition coefficient (Wildman–Crippen LogP) is 0.627. The van der Waals surface area contributed by atoms with E-state index < -0.39 is 0 Å². The maximum absolute atomic E-state index is 12.5. The number of benzene rings is 1. The molecule has 0 bridgehead atoms. The molecule has 0 saturated carbocycles. The van der Waals surface area contributed by atoms with Gasteiger partial charge in [-0.2, -0.15) is 0 Å². The van der Waals surface area contributed by atoms with Gasteiger partial charge < -0.3 is 22.3 Å². The SMILES string of the molecule is C=C=C(CCCNC(=O)[C@H](C)c1ccc(CC(C)C)cc1)[NH+]1CCCCC1.[Br-]. The fourth-order valence-corrected chi connectivity index (χ4v) is 3.87. The van der Waals surface area contributed by atoms with Crippen LogP contribution in [0.1, 0.15) is 69.9 Å². The molecule has 0 aliphatic carbocycles. The molecular formula is C24H37BrN2O. The minimum atomic E-state index is -0.111. The van der Waals surface area contributed by atoms with Crippen molar-refractivity contribution in [3.63, 3.8) is 0 Å². The Balaban J connectivity index is 0.00000392. The van der Waals surface area contributed by atoms with Crippen molar-refractivity contribution in [1.82, 2.24) is 5.32 Å². The summed E-state index contributed by atoms with van der Waals surface area (Å²) in [4.78, 5) is 14.0. The molecule has 1 atom stereocenters. The Kier molecular flexibility index (Phi) is 11.4. The molecule has 2 rings (SSSR count). The molecule has 0 aromatic heterocycles. The molecule has 1 heterocycles. The highest BCUT2D eigenvalue weighted by Crippen LogP contribution is 2.17. The first kappa shape index (κ1) is 24.7. The lowest BCUT2D eigenvalue weighted by molar-refractivity contribution is -0.867. The van der Waals surface area contributed by atoms with E-state index in [-0.39, 0.29) is 28.8 Å². The molecule has 2 N–H and O–H groups in total. The summed E-state index contributed by atoms with van der Waals surface area (Å²) in [7, 11) is 0. The Labute approximate surface area is 182 Å². The Morgan fingerprint density at radius 3 is 2.36 bits per heavy atom. The van der Waals surface area contributed by atoms with Crippen molar-refractivity contribution in [3.05, 3.63) is 53.4 Å². The predicted molar refractivity (Wildman–Crippen MR) is 113 cm³/mol. The third kappa shape index (κ3) is 7.95. The number of likely N-dealkylation sites (tertiary alicyclic amines) is 1. The van der Waals surface area contributed by atoms with Crippen LogP contribution >= 0.6 is 0 Å². The summed E-state index contributed by atoms with van der Waals surface area (Å²) in [6.45, 7) is 13.4. The molecule has 1 amide bonds. The average molecular weight is 449 g/mol. The topological polar surface area (TPSA) is 33.5 Å². The molecule has 0 unspecified atom stereocenters. The van der Waals surface area contributed by atoms with Crippen LogP contribution in [0.3, 0.4) is 0 Å². The van der Waals surface area contributed by atoms with Crippen LogP contribution in [0, 0.1) is 5.92 Å². The van der Waals surface area contributed by atoms with Gasteiger partial charge in [0.2, 0.25) is 5.91 Å². The molecule has 1 aliphatic heterocycles. The molecule has 3 nitrogen and oxygen atoms in total. The highest BCUT2D eigenvalue weighted by Gasteiger charge is 2.19. The zero-order chi connectivity index (χ0) is 19.6. The summed E-state index contributed by atoms with van der Waals surface area (Å²) >= 11 is 0. The second kappa shape index (κ2) is 13.0. The molecule has 0 radical (unpaired) electrons. The minimum Gasteiger partial charge on any atom is -1.00 e. The number of amides is 1. The Hall–Kier alpha value is -1.35. The molecule has 1 aliphatic rings. The first-order chi connectivity index (χ1) is 13.0. The summed E-state index contributed by atoms with van der Waals surface area (Å²) in [5.41, 5.74) is 6.86. The number of carbonyl (C=O) groups excluding carboxylic acids is 1. The van der Waals surface area contributed by atoms with E-state index in [1.165, 1.54) is 48.5 Å². The number of halogens is 1. The summed E-state index contributed by atoms with van der Waals surface area (Å²) in [5, 5.41) is 3.10. The third-order valence-electron chi connectivity index (χ3n) is 5.52. The Morgan fingerprint density at radius 1 is 1.14 bits per heavy atom. The van der Waals surface area contributed by atoms with Crippen molar-refractivity contribution in [1.29, 1.82) is 0 Å². The van der Waals surface area contributed by atoms with E-state index >= 15 is 0 Å². The van der Waals surface area contributed by atoms with E-state index in [2.05, 4.69) is 55.7 Å². The van der Waals surface area contributed by atoms with E-state index in [1.807, 2.05) is 6.92 Å². The van der Waals surface area contributed by atoms with E-state index in [9.17, 15) is 4.79 Å². The Bertz CT molecular complexity index is 641. The monoisotopic (exact) mass is 448 g/mol. The highest BCUT2D eigenvalue weighted by molar-refractivity contribution is 5.83. The third-order valence-corrected chi connectivity index (χ3v) is 5.52. The van der Waals surface area contributed by atoms with Crippen molar-refractivity contribution in [2.24, 2.45) is 5.92 Å². The van der Waals surface area contributed by atoms with Crippen molar-refractivity contribution in [2.45, 2.75) is 65.2 Å². The first-order valence-electron chi connectivity index (χ1n) is 10.6. The molecule has 1 saturated heterocycles. The average Bonchev–Trinajstić information content (AvgIpc) is 2.68. The van der Waals surface area contributed by atoms with Crippen molar-refractivity contribution in [3.8, 4) is 0 Å². The van der Waals surface area contributed by atoms with Crippen molar-refractivity contribution in [2.75, 3.05) is 19.6 Å². The number of carbonyl (C=O) groups is 1. The van der Waals surface area contributed by atoms with Crippen LogP contribution < -0.4 is 27.2 Å². The van der Waals surface area contributed by atoms with Crippen LogP contribution in [0.15, 0.2) is 42.3 Å². The number of piperidine rings is 1. The van der Waals surface area contributed by atoms with Gasteiger partial charge in [0.25, 0.3) is 0 Å². The van der Waals surface area contributed by atoms with E-state index in [4.69, 9.17) is 0 Å². The zero-order valence-corrected chi connectivity index (χ0v) is 19.4. The van der Waals surface area contributed by atoms with Crippen LogP contribution in [0.4, 0.5) is 0 Å². The molecule has 1 aromatic rings. The highest BCUT2D eigenvalue weighted by atomic mass is 79.9. The van der Waals surface area contributed by atoms with Gasteiger partial charge in [-0.3, -0.25) is 9.69 Å². The number of nitrogens with one attached hydrogen (secondary N) is 2. The van der Waals surface area contributed by atoms with Gasteiger partial charge in [-0.1, -0.05) is 50.4 Å². The van der Waals surface area contributed by atoms with Crippen LogP contribution in [0.5, 0.6) is 0 Å². The molecular weight excluding hydrogens is 412 g/mol. The largest absolute Gasteiger partial charge is 1.00 e. The number of quaternary nitrogens is 1. The summed E-state index contributed by atoms with van der Waals surface area (Å²) in [5.74, 6) is 0.652. The fourth-order valence-electron chi connectivity index (χ4n) is 3.87. The summed E-state index contributed by atoms with van der Waals surface area (Å²) in [6, 6.07) is 8.50. The standard InChI is InChI=1S/C24H36N2O.BrH/c1-5-23(26-16-7-6-8-17-26)10-9-15-25-24(27)20(4)22-13-11-21(12-14-22)18-19(2)3;/h11-14,19-20H,1,6-10,15-18H2,2-4H3,(H,25,27);1H/t20-;/m1./s1. The number of allylic oxidation sites excluding steroid dienone is 1. The maximum Gasteiger partial charge on any atom is 0.227 e. The lowest BCUT2D eigenvalue weighted by Gasteiger charge is -2.24. The van der Waals surface area contributed by atoms with Gasteiger partial charge in [-0.25, -0.2) is 0 Å². The van der Waals surface area contributed by atoms with E-state index in [0.717, 1.165) is 24.8 Å². The number of hydrogen-bond donors (Lipinski definition) is 2. The molecule has 28 heavy (non-hydrogen) atoms. The fraction of sp³-hybridized carbons (Fsp3) is 0.583. The van der Waals surface area contributed by atoms with Crippen molar-refractivity contribution < 1.29 is 26.7 Å². The summed E-state index contributed by atoms with van der Waals surface area (Å²) in [6.07, 6.45) is 6.94. The van der Waals surface area contributed by atoms with Gasteiger partial charge in [0.05, 0.1) is 19.0 Å². The van der Waals surface area contributed by atoms with Crippen LogP contribution in [0.2, 0.25) is 0 Å². The van der Waals surface area contributed by atoms with Crippen LogP contribution in [0.25, 0.3) is 0 Å². The first-order valence-corrected chi connectivity index (χ1v) is 10.6. The number of hydrogen-bond acceptors (Lipinski definition) is 1. The van der Waals surface area contributed by atoms with Gasteiger partial charge >= 0.3 is 0 Å². The van der Waals surface area contributed by atoms with Gasteiger partial charge in [-0.15, -0.1) is 0 Å². The maximum atomic E-state index is 12.5. The second-order valence-corrected chi connectivity index (χ2v) is 8.28. The quantitative estimate of drug-likeness (QED) is 0.421. The van der Waals surface area contributed by atoms with Gasteiger partial charge in [0.1, 0.15) is 5.70 Å². The van der Waals surface area contributed by atoms with Gasteiger partial charge in [0, 0.05) is 13.0 Å². The molecule has 156 valence electrons. The smallest absolute Gasteiger partial charge is 0.227 e. The lowest BCUT2D eigenvalue weighted by Crippen LogP contribution is -3.10. The lowest BCUT2D eigenvalue weighted by atomic mass is 9.96. The van der Waals surface area contributed by atoms with Gasteiger partial charge in [0.15, 0.2) is 0 Å². The van der Waals surface area contributed by atoms with Crippen molar-refractivity contribution >= 4 is 5.91 Å².